The number of fused-ring (bicyclic) bond motifs is 2. The van der Waals surface area contributed by atoms with Crippen molar-refractivity contribution < 1.29 is 8.78 Å². The first-order valence-electron chi connectivity index (χ1n) is 12.4. The highest BCUT2D eigenvalue weighted by Crippen LogP contribution is 2.69. The molecule has 2 saturated carbocycles. The van der Waals surface area contributed by atoms with Crippen LogP contribution < -0.4 is 5.73 Å². The molecule has 0 radical (unpaired) electrons. The second-order valence-corrected chi connectivity index (χ2v) is 12.1. The molecule has 178 valence electrons. The van der Waals surface area contributed by atoms with Crippen molar-refractivity contribution in [3.63, 3.8) is 0 Å². The third-order valence-corrected chi connectivity index (χ3v) is 10.3. The third-order valence-electron chi connectivity index (χ3n) is 9.64. The highest BCUT2D eigenvalue weighted by Gasteiger charge is 2.66. The van der Waals surface area contributed by atoms with E-state index in [0.29, 0.717) is 12.8 Å². The maximum absolute atomic E-state index is 14.8. The molecule has 32 heavy (non-hydrogen) atoms. The van der Waals surface area contributed by atoms with Crippen LogP contribution in [0.25, 0.3) is 0 Å². The SMILES string of the molecule is CCC1(c2ccccc2)C[C@@H]2CC(C(=S)N3CC[C@H](N)C(C)(C)C3)(C1)CC2(CC)C(F)F. The molecule has 2 nitrogen and oxygen atoms in total. The van der Waals surface area contributed by atoms with Gasteiger partial charge in [-0.25, -0.2) is 8.78 Å². The van der Waals surface area contributed by atoms with Gasteiger partial charge in [0, 0.05) is 30.0 Å². The molecule has 2 bridgehead atoms. The third kappa shape index (κ3) is 3.62. The molecule has 0 aromatic heterocycles. The first-order valence-corrected chi connectivity index (χ1v) is 12.8. The Morgan fingerprint density at radius 1 is 1.12 bits per heavy atom. The van der Waals surface area contributed by atoms with Gasteiger partial charge >= 0.3 is 0 Å². The van der Waals surface area contributed by atoms with Crippen LogP contribution in [0.5, 0.6) is 0 Å². The summed E-state index contributed by atoms with van der Waals surface area (Å²) in [6.45, 7) is 10.3. The Balaban J connectivity index is 1.77. The molecule has 1 saturated heterocycles. The van der Waals surface area contributed by atoms with Crippen molar-refractivity contribution in [1.82, 2.24) is 4.90 Å². The van der Waals surface area contributed by atoms with E-state index in [1.165, 1.54) is 5.56 Å². The standard InChI is InChI=1S/C27H40F2N2S/c1-5-25(19-10-8-7-9-11-19)14-20-15-26(16-25,17-27(20,6-2)22(28)29)23(32)31-13-12-21(30)24(3,4)18-31/h7-11,20-22H,5-6,12-18,30H2,1-4H3/t20-,21+,25?,26?,27?/m1/s1. The molecule has 5 heteroatoms. The molecule has 5 atom stereocenters. The smallest absolute Gasteiger partial charge is 0.244 e. The van der Waals surface area contributed by atoms with Gasteiger partial charge in [-0.1, -0.05) is 70.2 Å². The molecular formula is C27H40F2N2S. The maximum atomic E-state index is 14.8. The van der Waals surface area contributed by atoms with Gasteiger partial charge in [-0.3, -0.25) is 0 Å². The van der Waals surface area contributed by atoms with Crippen molar-refractivity contribution in [2.24, 2.45) is 27.9 Å². The van der Waals surface area contributed by atoms with Crippen LogP contribution in [0.1, 0.15) is 78.2 Å². The van der Waals surface area contributed by atoms with Crippen molar-refractivity contribution in [1.29, 1.82) is 0 Å². The fraction of sp³-hybridized carbons (Fsp3) is 0.741. The van der Waals surface area contributed by atoms with Crippen molar-refractivity contribution in [3.8, 4) is 0 Å². The summed E-state index contributed by atoms with van der Waals surface area (Å²) in [5.74, 6) is -0.000543. The number of nitrogens with zero attached hydrogens (tertiary/aromatic N) is 1. The van der Waals surface area contributed by atoms with Crippen LogP contribution >= 0.6 is 12.2 Å². The minimum Gasteiger partial charge on any atom is -0.365 e. The minimum absolute atomic E-state index is 0.000543. The van der Waals surface area contributed by atoms with Crippen LogP contribution in [-0.2, 0) is 5.41 Å². The number of nitrogens with two attached hydrogens (primary N) is 1. The molecule has 3 fully saturated rings. The second kappa shape index (κ2) is 8.30. The number of hydrogen-bond acceptors (Lipinski definition) is 2. The molecule has 3 aliphatic rings. The largest absolute Gasteiger partial charge is 0.365 e. The van der Waals surface area contributed by atoms with E-state index in [-0.39, 0.29) is 28.2 Å². The van der Waals surface area contributed by atoms with Gasteiger partial charge in [0.05, 0.1) is 4.99 Å². The summed E-state index contributed by atoms with van der Waals surface area (Å²) >= 11 is 6.25. The van der Waals surface area contributed by atoms with Gasteiger partial charge in [-0.15, -0.1) is 0 Å². The van der Waals surface area contributed by atoms with E-state index in [1.807, 2.05) is 13.0 Å². The average Bonchev–Trinajstić information content (AvgIpc) is 3.04. The predicted octanol–water partition coefficient (Wildman–Crippen LogP) is 6.57. The van der Waals surface area contributed by atoms with Crippen molar-refractivity contribution in [2.75, 3.05) is 13.1 Å². The number of rotatable bonds is 5. The van der Waals surface area contributed by atoms with Gasteiger partial charge in [0.1, 0.15) is 0 Å². The lowest BCUT2D eigenvalue weighted by atomic mass is 9.58. The Morgan fingerprint density at radius 2 is 1.81 bits per heavy atom. The summed E-state index contributed by atoms with van der Waals surface area (Å²) in [5, 5.41) is 0. The maximum Gasteiger partial charge on any atom is 0.244 e. The highest BCUT2D eigenvalue weighted by atomic mass is 32.1. The first kappa shape index (κ1) is 24.1. The van der Waals surface area contributed by atoms with Crippen molar-refractivity contribution in [3.05, 3.63) is 35.9 Å². The molecule has 1 aromatic rings. The van der Waals surface area contributed by atoms with E-state index in [1.54, 1.807) is 0 Å². The summed E-state index contributed by atoms with van der Waals surface area (Å²) in [6.07, 6.45) is 3.12. The lowest BCUT2D eigenvalue weighted by Gasteiger charge is -2.51. The summed E-state index contributed by atoms with van der Waals surface area (Å²) in [5.41, 5.74) is 6.30. The monoisotopic (exact) mass is 462 g/mol. The minimum atomic E-state index is -2.31. The van der Waals surface area contributed by atoms with Crippen LogP contribution in [-0.4, -0.2) is 35.4 Å². The molecule has 4 rings (SSSR count). The number of thiocarbonyl (C=S) groups is 1. The fourth-order valence-corrected chi connectivity index (χ4v) is 7.94. The molecular weight excluding hydrogens is 422 g/mol. The van der Waals surface area contributed by atoms with Crippen molar-refractivity contribution in [2.45, 2.75) is 90.5 Å². The Bertz CT molecular complexity index is 843. The van der Waals surface area contributed by atoms with Gasteiger partial charge in [0.25, 0.3) is 0 Å². The van der Waals surface area contributed by atoms with Crippen LogP contribution in [0.3, 0.4) is 0 Å². The Morgan fingerprint density at radius 3 is 2.38 bits per heavy atom. The fourth-order valence-electron chi connectivity index (χ4n) is 7.55. The van der Waals surface area contributed by atoms with Gasteiger partial charge in [0.15, 0.2) is 0 Å². The molecule has 3 unspecified atom stereocenters. The summed E-state index contributed by atoms with van der Waals surface area (Å²) in [6, 6.07) is 10.8. The van der Waals surface area contributed by atoms with Gasteiger partial charge < -0.3 is 10.6 Å². The molecule has 2 N–H and O–H groups in total. The zero-order chi connectivity index (χ0) is 23.4. The molecule has 1 aromatic carbocycles. The lowest BCUT2D eigenvalue weighted by Crippen LogP contribution is -2.57. The van der Waals surface area contributed by atoms with E-state index in [9.17, 15) is 8.78 Å². The normalized spacial score (nSPS) is 38.8. The zero-order valence-electron chi connectivity index (χ0n) is 20.2. The van der Waals surface area contributed by atoms with Crippen LogP contribution in [0.4, 0.5) is 8.78 Å². The predicted molar refractivity (Wildman–Crippen MR) is 132 cm³/mol. The quantitative estimate of drug-likeness (QED) is 0.502. The van der Waals surface area contributed by atoms with Gasteiger partial charge in [-0.2, -0.15) is 0 Å². The number of likely N-dealkylation sites (tertiary alicyclic amines) is 1. The number of alkyl halides is 2. The summed E-state index contributed by atoms with van der Waals surface area (Å²) in [7, 11) is 0. The number of piperidine rings is 1. The number of halogens is 2. The first-order chi connectivity index (χ1) is 15.0. The van der Waals surface area contributed by atoms with Crippen LogP contribution in [0.15, 0.2) is 30.3 Å². The van der Waals surface area contributed by atoms with E-state index < -0.39 is 11.8 Å². The van der Waals surface area contributed by atoms with E-state index >= 15 is 0 Å². The summed E-state index contributed by atoms with van der Waals surface area (Å²) < 4.78 is 29.5. The van der Waals surface area contributed by atoms with Crippen LogP contribution in [0.2, 0.25) is 0 Å². The molecule has 1 heterocycles. The van der Waals surface area contributed by atoms with Gasteiger partial charge in [-0.05, 0) is 67.3 Å². The molecule has 0 spiro atoms. The Kier molecular flexibility index (Phi) is 6.24. The number of hydrogen-bond donors (Lipinski definition) is 1. The van der Waals surface area contributed by atoms with E-state index in [2.05, 4.69) is 49.9 Å². The average molecular weight is 463 g/mol. The van der Waals surface area contributed by atoms with Crippen LogP contribution in [0, 0.1) is 22.2 Å². The Hall–Kier alpha value is -1.07. The second-order valence-electron chi connectivity index (χ2n) is 11.7. The topological polar surface area (TPSA) is 29.3 Å². The highest BCUT2D eigenvalue weighted by molar-refractivity contribution is 7.80. The van der Waals surface area contributed by atoms with Gasteiger partial charge in [0.2, 0.25) is 6.43 Å². The van der Waals surface area contributed by atoms with Crippen molar-refractivity contribution >= 4 is 17.2 Å². The zero-order valence-corrected chi connectivity index (χ0v) is 21.0. The van der Waals surface area contributed by atoms with E-state index in [0.717, 1.165) is 50.2 Å². The summed E-state index contributed by atoms with van der Waals surface area (Å²) in [4.78, 5) is 3.27. The molecule has 2 aliphatic carbocycles. The Labute approximate surface area is 198 Å². The molecule has 0 amide bonds. The lowest BCUT2D eigenvalue weighted by molar-refractivity contribution is -0.0409. The van der Waals surface area contributed by atoms with E-state index in [4.69, 9.17) is 18.0 Å². The molecule has 1 aliphatic heterocycles. The number of benzene rings is 1.